The summed E-state index contributed by atoms with van der Waals surface area (Å²) in [5.74, 6) is 1.65. The first-order valence-electron chi connectivity index (χ1n) is 6.85. The van der Waals surface area contributed by atoms with Crippen molar-refractivity contribution in [3.05, 3.63) is 72.6 Å². The normalized spacial score (nSPS) is 10.3. The van der Waals surface area contributed by atoms with Crippen LogP contribution in [0.25, 0.3) is 0 Å². The Balaban J connectivity index is 1.67. The molecule has 3 rings (SSSR count). The van der Waals surface area contributed by atoms with Crippen molar-refractivity contribution in [1.29, 1.82) is 0 Å². The molecule has 0 radical (unpaired) electrons. The largest absolute Gasteiger partial charge is 0.457 e. The van der Waals surface area contributed by atoms with Crippen molar-refractivity contribution in [1.82, 2.24) is 9.78 Å². The van der Waals surface area contributed by atoms with Crippen molar-refractivity contribution in [3.8, 4) is 11.5 Å². The van der Waals surface area contributed by atoms with Gasteiger partial charge in [-0.15, -0.1) is 0 Å². The Labute approximate surface area is 124 Å². The van der Waals surface area contributed by atoms with E-state index in [1.54, 1.807) is 6.20 Å². The van der Waals surface area contributed by atoms with Crippen LogP contribution in [0.4, 0.5) is 5.69 Å². The van der Waals surface area contributed by atoms with Gasteiger partial charge in [0, 0.05) is 25.0 Å². The van der Waals surface area contributed by atoms with Gasteiger partial charge in [0.2, 0.25) is 0 Å². The fourth-order valence-electron chi connectivity index (χ4n) is 2.06. The topological polar surface area (TPSA) is 39.1 Å². The van der Waals surface area contributed by atoms with Crippen LogP contribution < -0.4 is 10.1 Å². The van der Waals surface area contributed by atoms with E-state index in [0.717, 1.165) is 29.4 Å². The standard InChI is InChI=1S/C17H17N3O/c1-20-15(10-11-19-20)13-18-14-6-5-9-17(12-14)21-16-7-3-2-4-8-16/h2-12,18H,13H2,1H3. The van der Waals surface area contributed by atoms with Gasteiger partial charge in [-0.2, -0.15) is 5.10 Å². The average Bonchev–Trinajstić information content (AvgIpc) is 2.92. The molecule has 0 spiro atoms. The second-order valence-corrected chi connectivity index (χ2v) is 4.74. The molecule has 0 bridgehead atoms. The number of hydrogen-bond donors (Lipinski definition) is 1. The van der Waals surface area contributed by atoms with Gasteiger partial charge in [0.25, 0.3) is 0 Å². The predicted octanol–water partition coefficient (Wildman–Crippen LogP) is 3.82. The Hall–Kier alpha value is -2.75. The maximum atomic E-state index is 5.82. The van der Waals surface area contributed by atoms with Crippen LogP contribution in [0, 0.1) is 0 Å². The number of ether oxygens (including phenoxy) is 1. The zero-order chi connectivity index (χ0) is 14.5. The second-order valence-electron chi connectivity index (χ2n) is 4.74. The zero-order valence-corrected chi connectivity index (χ0v) is 11.9. The van der Waals surface area contributed by atoms with E-state index in [1.807, 2.05) is 72.4 Å². The highest BCUT2D eigenvalue weighted by atomic mass is 16.5. The lowest BCUT2D eigenvalue weighted by Crippen LogP contribution is -2.05. The van der Waals surface area contributed by atoms with E-state index in [9.17, 15) is 0 Å². The summed E-state index contributed by atoms with van der Waals surface area (Å²) in [6.07, 6.45) is 1.80. The first-order chi connectivity index (χ1) is 10.3. The Kier molecular flexibility index (Phi) is 3.87. The Morgan fingerprint density at radius 3 is 2.57 bits per heavy atom. The van der Waals surface area contributed by atoms with Crippen LogP contribution in [-0.4, -0.2) is 9.78 Å². The Bertz CT molecular complexity index is 707. The van der Waals surface area contributed by atoms with E-state index in [1.165, 1.54) is 0 Å². The first kappa shape index (κ1) is 13.2. The third-order valence-electron chi connectivity index (χ3n) is 3.21. The lowest BCUT2D eigenvalue weighted by molar-refractivity contribution is 0.483. The van der Waals surface area contributed by atoms with Crippen LogP contribution in [-0.2, 0) is 13.6 Å². The SMILES string of the molecule is Cn1nccc1CNc1cccc(Oc2ccccc2)c1. The fraction of sp³-hybridized carbons (Fsp3) is 0.118. The summed E-state index contributed by atoms with van der Waals surface area (Å²) in [5, 5.41) is 7.53. The first-order valence-corrected chi connectivity index (χ1v) is 6.85. The summed E-state index contributed by atoms with van der Waals surface area (Å²) < 4.78 is 7.68. The van der Waals surface area contributed by atoms with E-state index < -0.39 is 0 Å². The third kappa shape index (κ3) is 3.42. The van der Waals surface area contributed by atoms with Crippen molar-refractivity contribution >= 4 is 5.69 Å². The molecule has 1 heterocycles. The number of nitrogens with one attached hydrogen (secondary N) is 1. The third-order valence-corrected chi connectivity index (χ3v) is 3.21. The lowest BCUT2D eigenvalue weighted by atomic mass is 10.3. The van der Waals surface area contributed by atoms with Crippen LogP contribution in [0.3, 0.4) is 0 Å². The molecule has 0 saturated heterocycles. The van der Waals surface area contributed by atoms with E-state index in [4.69, 9.17) is 4.74 Å². The molecule has 0 aliphatic heterocycles. The molecule has 0 aliphatic rings. The summed E-state index contributed by atoms with van der Waals surface area (Å²) in [5.41, 5.74) is 2.15. The highest BCUT2D eigenvalue weighted by Crippen LogP contribution is 2.24. The number of aryl methyl sites for hydroxylation is 1. The highest BCUT2D eigenvalue weighted by molar-refractivity contribution is 5.49. The molecular weight excluding hydrogens is 262 g/mol. The highest BCUT2D eigenvalue weighted by Gasteiger charge is 2.01. The van der Waals surface area contributed by atoms with Gasteiger partial charge in [-0.1, -0.05) is 24.3 Å². The summed E-state index contributed by atoms with van der Waals surface area (Å²) >= 11 is 0. The van der Waals surface area contributed by atoms with Crippen LogP contribution in [0.5, 0.6) is 11.5 Å². The number of nitrogens with zero attached hydrogens (tertiary/aromatic N) is 2. The molecule has 1 N–H and O–H groups in total. The van der Waals surface area contributed by atoms with E-state index in [-0.39, 0.29) is 0 Å². The minimum absolute atomic E-state index is 0.727. The molecule has 0 amide bonds. The predicted molar refractivity (Wildman–Crippen MR) is 83.5 cm³/mol. The summed E-state index contributed by atoms with van der Waals surface area (Å²) in [6.45, 7) is 0.727. The van der Waals surface area contributed by atoms with Gasteiger partial charge in [-0.05, 0) is 30.3 Å². The van der Waals surface area contributed by atoms with Gasteiger partial charge in [-0.25, -0.2) is 0 Å². The smallest absolute Gasteiger partial charge is 0.129 e. The van der Waals surface area contributed by atoms with Gasteiger partial charge >= 0.3 is 0 Å². The number of hydrogen-bond acceptors (Lipinski definition) is 3. The molecule has 0 saturated carbocycles. The molecule has 21 heavy (non-hydrogen) atoms. The number of rotatable bonds is 5. The Morgan fingerprint density at radius 2 is 1.81 bits per heavy atom. The zero-order valence-electron chi connectivity index (χ0n) is 11.9. The number of para-hydroxylation sites is 1. The maximum Gasteiger partial charge on any atom is 0.129 e. The number of benzene rings is 2. The summed E-state index contributed by atoms with van der Waals surface area (Å²) in [4.78, 5) is 0. The van der Waals surface area contributed by atoms with Crippen LogP contribution in [0.15, 0.2) is 66.9 Å². The molecule has 0 atom stereocenters. The average molecular weight is 279 g/mol. The van der Waals surface area contributed by atoms with Crippen LogP contribution in [0.1, 0.15) is 5.69 Å². The van der Waals surface area contributed by atoms with Crippen molar-refractivity contribution in [2.24, 2.45) is 7.05 Å². The molecular formula is C17H17N3O. The molecule has 1 aromatic heterocycles. The molecule has 106 valence electrons. The minimum Gasteiger partial charge on any atom is -0.457 e. The van der Waals surface area contributed by atoms with Gasteiger partial charge in [-0.3, -0.25) is 4.68 Å². The summed E-state index contributed by atoms with van der Waals surface area (Å²) in [7, 11) is 1.94. The van der Waals surface area contributed by atoms with Gasteiger partial charge < -0.3 is 10.1 Å². The lowest BCUT2D eigenvalue weighted by Gasteiger charge is -2.10. The van der Waals surface area contributed by atoms with Crippen LogP contribution in [0.2, 0.25) is 0 Å². The minimum atomic E-state index is 0.727. The van der Waals surface area contributed by atoms with Gasteiger partial charge in [0.1, 0.15) is 11.5 Å². The number of aromatic nitrogens is 2. The molecule has 3 aromatic rings. The van der Waals surface area contributed by atoms with Crippen molar-refractivity contribution in [2.45, 2.75) is 6.54 Å². The molecule has 0 unspecified atom stereocenters. The van der Waals surface area contributed by atoms with Crippen molar-refractivity contribution in [3.63, 3.8) is 0 Å². The molecule has 4 nitrogen and oxygen atoms in total. The molecule has 0 aliphatic carbocycles. The van der Waals surface area contributed by atoms with Gasteiger partial charge in [0.05, 0.1) is 12.2 Å². The van der Waals surface area contributed by atoms with Gasteiger partial charge in [0.15, 0.2) is 0 Å². The molecule has 2 aromatic carbocycles. The van der Waals surface area contributed by atoms with E-state index in [2.05, 4.69) is 10.4 Å². The fourth-order valence-corrected chi connectivity index (χ4v) is 2.06. The maximum absolute atomic E-state index is 5.82. The molecule has 4 heteroatoms. The number of anilines is 1. The summed E-state index contributed by atoms with van der Waals surface area (Å²) in [6, 6.07) is 19.7. The Morgan fingerprint density at radius 1 is 1.00 bits per heavy atom. The quantitative estimate of drug-likeness (QED) is 0.771. The molecule has 0 fully saturated rings. The second kappa shape index (κ2) is 6.13. The van der Waals surface area contributed by atoms with Crippen molar-refractivity contribution in [2.75, 3.05) is 5.32 Å². The van der Waals surface area contributed by atoms with Crippen LogP contribution >= 0.6 is 0 Å². The van der Waals surface area contributed by atoms with E-state index >= 15 is 0 Å². The van der Waals surface area contributed by atoms with Crippen molar-refractivity contribution < 1.29 is 4.74 Å². The monoisotopic (exact) mass is 279 g/mol. The van der Waals surface area contributed by atoms with E-state index in [0.29, 0.717) is 0 Å².